The quantitative estimate of drug-likeness (QED) is 0.876. The van der Waals surface area contributed by atoms with Crippen LogP contribution in [0.4, 0.5) is 8.78 Å². The van der Waals surface area contributed by atoms with Gasteiger partial charge in [-0.25, -0.2) is 8.78 Å². The van der Waals surface area contributed by atoms with Crippen molar-refractivity contribution in [2.45, 2.75) is 6.54 Å². The summed E-state index contributed by atoms with van der Waals surface area (Å²) in [4.78, 5) is 13.2. The van der Waals surface area contributed by atoms with Crippen LogP contribution in [0.3, 0.4) is 0 Å². The molecule has 4 nitrogen and oxygen atoms in total. The molecule has 8 heteroatoms. The lowest BCUT2D eigenvalue weighted by molar-refractivity contribution is 0.0782. The molecule has 0 aliphatic heterocycles. The van der Waals surface area contributed by atoms with Crippen molar-refractivity contribution in [1.29, 1.82) is 0 Å². The number of carbonyl (C=O) groups is 1. The number of aromatic nitrogens is 2. The maximum Gasteiger partial charge on any atom is 0.284 e. The minimum atomic E-state index is -0.699. The van der Waals surface area contributed by atoms with E-state index in [0.29, 0.717) is 0 Å². The van der Waals surface area contributed by atoms with Crippen LogP contribution in [0.25, 0.3) is 0 Å². The van der Waals surface area contributed by atoms with Crippen LogP contribution in [0.15, 0.2) is 18.2 Å². The van der Waals surface area contributed by atoms with Gasteiger partial charge < -0.3 is 4.90 Å². The molecule has 0 saturated carbocycles. The first-order valence-corrected chi connectivity index (χ1v) is 6.35. The standard InChI is InChI=1S/C11H8ClF2N3OS/c1-17(10(18)9-15-16-11(12)19-9)5-6-2-3-7(13)4-8(6)14/h2-4H,5H2,1H3. The first-order chi connectivity index (χ1) is 8.97. The lowest BCUT2D eigenvalue weighted by atomic mass is 10.2. The molecule has 0 aliphatic carbocycles. The molecule has 0 atom stereocenters. The Kier molecular flexibility index (Phi) is 4.06. The van der Waals surface area contributed by atoms with Crippen molar-refractivity contribution in [2.24, 2.45) is 0 Å². The van der Waals surface area contributed by atoms with E-state index in [0.717, 1.165) is 23.5 Å². The van der Waals surface area contributed by atoms with Crippen LogP contribution in [0, 0.1) is 11.6 Å². The van der Waals surface area contributed by atoms with Gasteiger partial charge in [0.1, 0.15) is 11.6 Å². The monoisotopic (exact) mass is 303 g/mol. The van der Waals surface area contributed by atoms with Crippen LogP contribution in [0.2, 0.25) is 4.47 Å². The molecule has 1 aromatic carbocycles. The van der Waals surface area contributed by atoms with E-state index >= 15 is 0 Å². The number of nitrogens with zero attached hydrogens (tertiary/aromatic N) is 3. The van der Waals surface area contributed by atoms with Gasteiger partial charge in [0.2, 0.25) is 9.47 Å². The predicted octanol–water partition coefficient (Wildman–Crippen LogP) is 2.74. The third-order valence-corrected chi connectivity index (χ3v) is 3.36. The molecule has 2 rings (SSSR count). The number of hydrogen-bond donors (Lipinski definition) is 0. The largest absolute Gasteiger partial charge is 0.335 e. The van der Waals surface area contributed by atoms with Crippen molar-refractivity contribution in [3.63, 3.8) is 0 Å². The Morgan fingerprint density at radius 2 is 2.16 bits per heavy atom. The first-order valence-electron chi connectivity index (χ1n) is 5.16. The summed E-state index contributed by atoms with van der Waals surface area (Å²) in [6.45, 7) is 0.00213. The number of benzene rings is 1. The summed E-state index contributed by atoms with van der Waals surface area (Å²) in [5, 5.41) is 7.25. The van der Waals surface area contributed by atoms with Gasteiger partial charge in [0.15, 0.2) is 0 Å². The van der Waals surface area contributed by atoms with Crippen LogP contribution < -0.4 is 0 Å². The molecule has 1 amide bonds. The molecule has 0 aliphatic rings. The van der Waals surface area contributed by atoms with Gasteiger partial charge >= 0.3 is 0 Å². The molecule has 100 valence electrons. The second-order valence-electron chi connectivity index (χ2n) is 3.76. The maximum absolute atomic E-state index is 13.5. The van der Waals surface area contributed by atoms with Crippen molar-refractivity contribution in [2.75, 3.05) is 7.05 Å². The van der Waals surface area contributed by atoms with Crippen LogP contribution in [0.5, 0.6) is 0 Å². The summed E-state index contributed by atoms with van der Waals surface area (Å²) in [5.41, 5.74) is 0.216. The van der Waals surface area contributed by atoms with Crippen LogP contribution >= 0.6 is 22.9 Å². The number of amides is 1. The fourth-order valence-corrected chi connectivity index (χ4v) is 2.26. The molecule has 0 bridgehead atoms. The minimum Gasteiger partial charge on any atom is -0.335 e. The van der Waals surface area contributed by atoms with Crippen LogP contribution in [-0.4, -0.2) is 28.1 Å². The Morgan fingerprint density at radius 1 is 1.42 bits per heavy atom. The average molecular weight is 304 g/mol. The van der Waals surface area contributed by atoms with E-state index in [1.54, 1.807) is 0 Å². The molecule has 0 fully saturated rings. The van der Waals surface area contributed by atoms with Gasteiger partial charge in [-0.1, -0.05) is 17.4 Å². The Balaban J connectivity index is 2.12. The average Bonchev–Trinajstić information content (AvgIpc) is 2.78. The molecule has 1 heterocycles. The Bertz CT molecular complexity index is 620. The van der Waals surface area contributed by atoms with Crippen molar-refractivity contribution in [3.05, 3.63) is 44.9 Å². The summed E-state index contributed by atoms with van der Waals surface area (Å²) in [7, 11) is 1.49. The molecule has 0 radical (unpaired) electrons. The highest BCUT2D eigenvalue weighted by molar-refractivity contribution is 7.17. The fourth-order valence-electron chi connectivity index (χ4n) is 1.43. The molecular weight excluding hydrogens is 296 g/mol. The summed E-state index contributed by atoms with van der Waals surface area (Å²) >= 11 is 6.52. The minimum absolute atomic E-state index is 0.00213. The number of halogens is 3. The molecule has 0 spiro atoms. The van der Waals surface area contributed by atoms with Gasteiger partial charge in [0.05, 0.1) is 0 Å². The normalized spacial score (nSPS) is 10.5. The summed E-state index contributed by atoms with van der Waals surface area (Å²) in [6.07, 6.45) is 0. The zero-order valence-corrected chi connectivity index (χ0v) is 11.3. The SMILES string of the molecule is CN(Cc1ccc(F)cc1F)C(=O)c1nnc(Cl)s1. The highest BCUT2D eigenvalue weighted by Crippen LogP contribution is 2.18. The predicted molar refractivity (Wildman–Crippen MR) is 67.1 cm³/mol. The maximum atomic E-state index is 13.5. The van der Waals surface area contributed by atoms with Gasteiger partial charge in [-0.05, 0) is 17.7 Å². The van der Waals surface area contributed by atoms with Crippen molar-refractivity contribution >= 4 is 28.8 Å². The fraction of sp³-hybridized carbons (Fsp3) is 0.182. The molecule has 1 aromatic heterocycles. The van der Waals surface area contributed by atoms with E-state index in [4.69, 9.17) is 11.6 Å². The highest BCUT2D eigenvalue weighted by atomic mass is 35.5. The van der Waals surface area contributed by atoms with Gasteiger partial charge in [0, 0.05) is 25.2 Å². The highest BCUT2D eigenvalue weighted by Gasteiger charge is 2.18. The van der Waals surface area contributed by atoms with Crippen molar-refractivity contribution in [1.82, 2.24) is 15.1 Å². The third kappa shape index (κ3) is 3.24. The van der Waals surface area contributed by atoms with Crippen molar-refractivity contribution in [3.8, 4) is 0 Å². The summed E-state index contributed by atoms with van der Waals surface area (Å²) in [6, 6.07) is 3.20. The summed E-state index contributed by atoms with van der Waals surface area (Å²) in [5.74, 6) is -1.78. The Morgan fingerprint density at radius 3 is 2.74 bits per heavy atom. The molecule has 19 heavy (non-hydrogen) atoms. The lowest BCUT2D eigenvalue weighted by Gasteiger charge is -2.15. The number of hydrogen-bond acceptors (Lipinski definition) is 4. The molecule has 0 saturated heterocycles. The zero-order valence-electron chi connectivity index (χ0n) is 9.73. The van der Waals surface area contributed by atoms with E-state index in [9.17, 15) is 13.6 Å². The second-order valence-corrected chi connectivity index (χ2v) is 5.32. The van der Waals surface area contributed by atoms with E-state index in [1.165, 1.54) is 18.0 Å². The van der Waals surface area contributed by atoms with Crippen molar-refractivity contribution < 1.29 is 13.6 Å². The van der Waals surface area contributed by atoms with Gasteiger partial charge in [0.25, 0.3) is 5.91 Å². The molecule has 2 aromatic rings. The van der Waals surface area contributed by atoms with E-state index < -0.39 is 17.5 Å². The van der Waals surface area contributed by atoms with E-state index in [-0.39, 0.29) is 21.6 Å². The summed E-state index contributed by atoms with van der Waals surface area (Å²) < 4.78 is 26.4. The first kappa shape index (κ1) is 13.8. The molecule has 0 N–H and O–H groups in total. The lowest BCUT2D eigenvalue weighted by Crippen LogP contribution is -2.26. The van der Waals surface area contributed by atoms with E-state index in [1.807, 2.05) is 0 Å². The molecule has 0 unspecified atom stereocenters. The zero-order chi connectivity index (χ0) is 14.0. The smallest absolute Gasteiger partial charge is 0.284 e. The topological polar surface area (TPSA) is 46.1 Å². The third-order valence-electron chi connectivity index (χ3n) is 2.35. The van der Waals surface area contributed by atoms with Gasteiger partial charge in [-0.15, -0.1) is 10.2 Å². The number of carbonyl (C=O) groups excluding carboxylic acids is 1. The number of rotatable bonds is 3. The molecular formula is C11H8ClF2N3OS. The van der Waals surface area contributed by atoms with E-state index in [2.05, 4.69) is 10.2 Å². The van der Waals surface area contributed by atoms with Crippen LogP contribution in [0.1, 0.15) is 15.4 Å². The van der Waals surface area contributed by atoms with Crippen LogP contribution in [-0.2, 0) is 6.54 Å². The van der Waals surface area contributed by atoms with Gasteiger partial charge in [-0.2, -0.15) is 0 Å². The Hall–Kier alpha value is -1.60. The second kappa shape index (κ2) is 5.58. The Labute approximate surface area is 116 Å². The van der Waals surface area contributed by atoms with Gasteiger partial charge in [-0.3, -0.25) is 4.79 Å².